The third-order valence-corrected chi connectivity index (χ3v) is 3.95. The van der Waals surface area contributed by atoms with Crippen LogP contribution in [-0.4, -0.2) is 49.8 Å². The van der Waals surface area contributed by atoms with Crippen LogP contribution < -0.4 is 5.32 Å². The van der Waals surface area contributed by atoms with Crippen LogP contribution in [0.5, 0.6) is 0 Å². The summed E-state index contributed by atoms with van der Waals surface area (Å²) in [7, 11) is 4.12. The number of aromatic nitrogens is 1. The van der Waals surface area contributed by atoms with Crippen LogP contribution in [0.4, 0.5) is 0 Å². The number of nitrogens with zero attached hydrogens (tertiary/aromatic N) is 2. The van der Waals surface area contributed by atoms with Gasteiger partial charge in [0.15, 0.2) is 0 Å². The second kappa shape index (κ2) is 5.87. The average molecular weight is 271 g/mol. The van der Waals surface area contributed by atoms with Gasteiger partial charge < -0.3 is 15.0 Å². The highest BCUT2D eigenvalue weighted by Crippen LogP contribution is 2.24. The van der Waals surface area contributed by atoms with Crippen molar-refractivity contribution in [1.82, 2.24) is 15.2 Å². The molecule has 1 saturated heterocycles. The Hall–Kier alpha value is -1.49. The van der Waals surface area contributed by atoms with E-state index in [2.05, 4.69) is 34.4 Å². The van der Waals surface area contributed by atoms with Gasteiger partial charge in [-0.2, -0.15) is 0 Å². The summed E-state index contributed by atoms with van der Waals surface area (Å²) < 4.78 is 5.94. The van der Waals surface area contributed by atoms with Crippen LogP contribution in [-0.2, 0) is 4.74 Å². The normalized spacial score (nSPS) is 22.0. The minimum Gasteiger partial charge on any atom is -0.374 e. The fourth-order valence-corrected chi connectivity index (χ4v) is 2.84. The van der Waals surface area contributed by atoms with Gasteiger partial charge in [-0.25, -0.2) is 0 Å². The molecule has 1 aliphatic heterocycles. The molecule has 1 fully saturated rings. The molecule has 0 radical (unpaired) electrons. The Morgan fingerprint density at radius 1 is 1.40 bits per heavy atom. The first kappa shape index (κ1) is 13.5. The molecule has 0 aliphatic carbocycles. The van der Waals surface area contributed by atoms with Gasteiger partial charge in [-0.1, -0.05) is 18.2 Å². The maximum Gasteiger partial charge on any atom is 0.0897 e. The van der Waals surface area contributed by atoms with E-state index in [1.807, 2.05) is 31.4 Å². The van der Waals surface area contributed by atoms with Crippen LogP contribution in [0.2, 0.25) is 0 Å². The minimum atomic E-state index is 0.168. The molecule has 2 atom stereocenters. The topological polar surface area (TPSA) is 37.4 Å². The van der Waals surface area contributed by atoms with E-state index < -0.39 is 0 Å². The Balaban J connectivity index is 1.90. The highest BCUT2D eigenvalue weighted by Gasteiger charge is 2.27. The van der Waals surface area contributed by atoms with Gasteiger partial charge in [0.1, 0.15) is 0 Å². The SMILES string of the molecule is CNC(c1cnc2ccccc2c1)C1CN(C)CCO1. The third kappa shape index (κ3) is 2.68. The van der Waals surface area contributed by atoms with Crippen molar-refractivity contribution in [3.8, 4) is 0 Å². The zero-order valence-electron chi connectivity index (χ0n) is 12.0. The maximum atomic E-state index is 5.94. The first-order valence-corrected chi connectivity index (χ1v) is 7.10. The van der Waals surface area contributed by atoms with Gasteiger partial charge in [-0.15, -0.1) is 0 Å². The molecule has 20 heavy (non-hydrogen) atoms. The number of likely N-dealkylation sites (N-methyl/N-ethyl adjacent to an activating group) is 2. The van der Waals surface area contributed by atoms with Gasteiger partial charge in [0.25, 0.3) is 0 Å². The van der Waals surface area contributed by atoms with Crippen LogP contribution in [0.25, 0.3) is 10.9 Å². The molecule has 2 aromatic rings. The fraction of sp³-hybridized carbons (Fsp3) is 0.438. The number of hydrogen-bond donors (Lipinski definition) is 1. The molecule has 0 amide bonds. The summed E-state index contributed by atoms with van der Waals surface area (Å²) >= 11 is 0. The molecular weight excluding hydrogens is 250 g/mol. The van der Waals surface area contributed by atoms with Gasteiger partial charge >= 0.3 is 0 Å². The van der Waals surface area contributed by atoms with Gasteiger partial charge in [0.2, 0.25) is 0 Å². The van der Waals surface area contributed by atoms with Crippen molar-refractivity contribution in [2.24, 2.45) is 0 Å². The Morgan fingerprint density at radius 3 is 3.05 bits per heavy atom. The van der Waals surface area contributed by atoms with Crippen molar-refractivity contribution in [3.63, 3.8) is 0 Å². The van der Waals surface area contributed by atoms with E-state index in [-0.39, 0.29) is 12.1 Å². The molecule has 4 nitrogen and oxygen atoms in total. The number of nitrogens with one attached hydrogen (secondary N) is 1. The Bertz CT molecular complexity index is 587. The molecule has 2 heterocycles. The van der Waals surface area contributed by atoms with Gasteiger partial charge in [0.05, 0.1) is 24.3 Å². The number of rotatable bonds is 3. The monoisotopic (exact) mass is 271 g/mol. The van der Waals surface area contributed by atoms with Crippen molar-refractivity contribution in [1.29, 1.82) is 0 Å². The third-order valence-electron chi connectivity index (χ3n) is 3.95. The van der Waals surface area contributed by atoms with Crippen LogP contribution in [0.1, 0.15) is 11.6 Å². The predicted molar refractivity (Wildman–Crippen MR) is 80.8 cm³/mol. The molecule has 0 saturated carbocycles. The fourth-order valence-electron chi connectivity index (χ4n) is 2.84. The Morgan fingerprint density at radius 2 is 2.25 bits per heavy atom. The average Bonchev–Trinajstić information content (AvgIpc) is 2.48. The smallest absolute Gasteiger partial charge is 0.0897 e. The number of fused-ring (bicyclic) bond motifs is 1. The quantitative estimate of drug-likeness (QED) is 0.924. The standard InChI is InChI=1S/C16H21N3O/c1-17-16(15-11-19(2)7-8-20-15)13-9-12-5-3-4-6-14(12)18-10-13/h3-6,9-10,15-17H,7-8,11H2,1-2H3. The molecule has 1 aromatic heterocycles. The highest BCUT2D eigenvalue weighted by atomic mass is 16.5. The lowest BCUT2D eigenvalue weighted by Gasteiger charge is -2.35. The first-order valence-electron chi connectivity index (χ1n) is 7.10. The Kier molecular flexibility index (Phi) is 3.96. The molecule has 1 aliphatic rings. The molecule has 0 spiro atoms. The van der Waals surface area contributed by atoms with Gasteiger partial charge in [-0.3, -0.25) is 4.98 Å². The highest BCUT2D eigenvalue weighted by molar-refractivity contribution is 5.78. The van der Waals surface area contributed by atoms with E-state index in [4.69, 9.17) is 4.74 Å². The van der Waals surface area contributed by atoms with E-state index in [0.29, 0.717) is 0 Å². The molecule has 2 unspecified atom stereocenters. The van der Waals surface area contributed by atoms with Crippen molar-refractivity contribution >= 4 is 10.9 Å². The first-order chi connectivity index (χ1) is 9.78. The van der Waals surface area contributed by atoms with Crippen LogP contribution >= 0.6 is 0 Å². The van der Waals surface area contributed by atoms with E-state index in [1.54, 1.807) is 0 Å². The summed E-state index contributed by atoms with van der Waals surface area (Å²) in [6, 6.07) is 10.6. The van der Waals surface area contributed by atoms with E-state index in [0.717, 1.165) is 25.2 Å². The molecule has 4 heteroatoms. The van der Waals surface area contributed by atoms with Crippen LogP contribution in [0, 0.1) is 0 Å². The lowest BCUT2D eigenvalue weighted by molar-refractivity contribution is -0.0380. The molecule has 106 valence electrons. The van der Waals surface area contributed by atoms with E-state index in [9.17, 15) is 0 Å². The number of ether oxygens (including phenoxy) is 1. The summed E-state index contributed by atoms with van der Waals surface area (Å²) in [5, 5.41) is 4.56. The summed E-state index contributed by atoms with van der Waals surface area (Å²) in [5.74, 6) is 0. The predicted octanol–water partition coefficient (Wildman–Crippen LogP) is 1.83. The lowest BCUT2D eigenvalue weighted by atomic mass is 10.0. The number of pyridine rings is 1. The molecule has 1 aromatic carbocycles. The second-order valence-corrected chi connectivity index (χ2v) is 5.40. The summed E-state index contributed by atoms with van der Waals surface area (Å²) in [6.45, 7) is 2.74. The van der Waals surface area contributed by atoms with Crippen molar-refractivity contribution in [2.75, 3.05) is 33.8 Å². The zero-order chi connectivity index (χ0) is 13.9. The summed E-state index contributed by atoms with van der Waals surface area (Å²) in [5.41, 5.74) is 2.22. The van der Waals surface area contributed by atoms with Crippen molar-refractivity contribution in [3.05, 3.63) is 42.1 Å². The number of morpholine rings is 1. The van der Waals surface area contributed by atoms with Crippen LogP contribution in [0.3, 0.4) is 0 Å². The lowest BCUT2D eigenvalue weighted by Crippen LogP contribution is -2.46. The number of benzene rings is 1. The molecule has 0 bridgehead atoms. The zero-order valence-corrected chi connectivity index (χ0v) is 12.0. The number of para-hydroxylation sites is 1. The van der Waals surface area contributed by atoms with Crippen molar-refractivity contribution < 1.29 is 4.74 Å². The van der Waals surface area contributed by atoms with E-state index >= 15 is 0 Å². The largest absolute Gasteiger partial charge is 0.374 e. The van der Waals surface area contributed by atoms with Crippen LogP contribution in [0.15, 0.2) is 36.5 Å². The van der Waals surface area contributed by atoms with Crippen molar-refractivity contribution in [2.45, 2.75) is 12.1 Å². The van der Waals surface area contributed by atoms with Gasteiger partial charge in [0, 0.05) is 24.7 Å². The minimum absolute atomic E-state index is 0.168. The summed E-state index contributed by atoms with van der Waals surface area (Å²) in [6.07, 6.45) is 2.13. The molecule has 1 N–H and O–H groups in total. The second-order valence-electron chi connectivity index (χ2n) is 5.40. The van der Waals surface area contributed by atoms with Gasteiger partial charge in [-0.05, 0) is 31.8 Å². The Labute approximate surface area is 119 Å². The molecule has 3 rings (SSSR count). The number of hydrogen-bond acceptors (Lipinski definition) is 4. The maximum absolute atomic E-state index is 5.94. The van der Waals surface area contributed by atoms with E-state index in [1.165, 1.54) is 10.9 Å². The summed E-state index contributed by atoms with van der Waals surface area (Å²) in [4.78, 5) is 6.87. The molecular formula is C16H21N3O.